The maximum atomic E-state index is 10.3. The Bertz CT molecular complexity index is 189. The van der Waals surface area contributed by atoms with Crippen LogP contribution in [0.15, 0.2) is 36.5 Å². The van der Waals surface area contributed by atoms with Crippen LogP contribution in [0.25, 0.3) is 0 Å². The van der Waals surface area contributed by atoms with E-state index < -0.39 is 5.97 Å². The van der Waals surface area contributed by atoms with Crippen LogP contribution < -0.4 is 0 Å². The van der Waals surface area contributed by atoms with Gasteiger partial charge in [-0.05, 0) is 12.5 Å². The molecule has 0 rings (SSSR count). The fourth-order valence-electron chi connectivity index (χ4n) is 0.513. The molecule has 0 saturated carbocycles. The smallest absolute Gasteiger partial charge is 0.331 e. The second-order valence-corrected chi connectivity index (χ2v) is 1.79. The van der Waals surface area contributed by atoms with E-state index >= 15 is 0 Å². The minimum absolute atomic E-state index is 0.269. The van der Waals surface area contributed by atoms with Crippen LogP contribution in [0.4, 0.5) is 0 Å². The van der Waals surface area contributed by atoms with E-state index in [4.69, 9.17) is 5.11 Å². The van der Waals surface area contributed by atoms with E-state index in [0.29, 0.717) is 5.57 Å². The molecular formula is C8H10O2. The van der Waals surface area contributed by atoms with Gasteiger partial charge in [0, 0.05) is 5.57 Å². The Morgan fingerprint density at radius 1 is 1.40 bits per heavy atom. The van der Waals surface area contributed by atoms with E-state index in [9.17, 15) is 4.79 Å². The molecule has 0 aliphatic rings. The van der Waals surface area contributed by atoms with E-state index in [2.05, 4.69) is 13.2 Å². The molecule has 0 bridgehead atoms. The summed E-state index contributed by atoms with van der Waals surface area (Å²) in [7, 11) is 0. The maximum Gasteiger partial charge on any atom is 0.331 e. The van der Waals surface area contributed by atoms with Crippen molar-refractivity contribution in [1.29, 1.82) is 0 Å². The lowest BCUT2D eigenvalue weighted by atomic mass is 10.1. The quantitative estimate of drug-likeness (QED) is 0.476. The number of hydrogen-bond donors (Lipinski definition) is 1. The SMILES string of the molecule is C=CC(C=C)=C(C)C(=O)O. The average molecular weight is 138 g/mol. The third-order valence-electron chi connectivity index (χ3n) is 1.19. The second-order valence-electron chi connectivity index (χ2n) is 1.79. The molecule has 0 saturated heterocycles. The number of carbonyl (C=O) groups is 1. The van der Waals surface area contributed by atoms with Crippen molar-refractivity contribution >= 4 is 5.97 Å². The Hall–Kier alpha value is -1.31. The van der Waals surface area contributed by atoms with Gasteiger partial charge in [-0.3, -0.25) is 0 Å². The van der Waals surface area contributed by atoms with Crippen molar-refractivity contribution in [3.05, 3.63) is 36.5 Å². The zero-order valence-corrected chi connectivity index (χ0v) is 5.92. The number of hydrogen-bond acceptors (Lipinski definition) is 1. The van der Waals surface area contributed by atoms with Gasteiger partial charge in [0.2, 0.25) is 0 Å². The van der Waals surface area contributed by atoms with Gasteiger partial charge in [0.1, 0.15) is 0 Å². The van der Waals surface area contributed by atoms with Gasteiger partial charge in [0.05, 0.1) is 0 Å². The number of carboxylic acids is 1. The van der Waals surface area contributed by atoms with Gasteiger partial charge in [0.15, 0.2) is 0 Å². The van der Waals surface area contributed by atoms with Crippen molar-refractivity contribution in [2.24, 2.45) is 0 Å². The Kier molecular flexibility index (Phi) is 3.19. The molecule has 0 aliphatic carbocycles. The lowest BCUT2D eigenvalue weighted by molar-refractivity contribution is -0.132. The second kappa shape index (κ2) is 3.67. The molecule has 0 spiro atoms. The maximum absolute atomic E-state index is 10.3. The highest BCUT2D eigenvalue weighted by Gasteiger charge is 2.02. The monoisotopic (exact) mass is 138 g/mol. The first-order valence-electron chi connectivity index (χ1n) is 2.82. The van der Waals surface area contributed by atoms with Crippen LogP contribution in [0.1, 0.15) is 6.92 Å². The Morgan fingerprint density at radius 3 is 1.90 bits per heavy atom. The Morgan fingerprint density at radius 2 is 1.80 bits per heavy atom. The van der Waals surface area contributed by atoms with Crippen LogP contribution in [0.3, 0.4) is 0 Å². The summed E-state index contributed by atoms with van der Waals surface area (Å²) in [5.74, 6) is -0.935. The molecule has 2 heteroatoms. The van der Waals surface area contributed by atoms with E-state index in [1.54, 1.807) is 0 Å². The highest BCUT2D eigenvalue weighted by molar-refractivity contribution is 5.88. The predicted molar refractivity (Wildman–Crippen MR) is 40.7 cm³/mol. The lowest BCUT2D eigenvalue weighted by Gasteiger charge is -1.95. The average Bonchev–Trinajstić information content (AvgIpc) is 1.90. The first kappa shape index (κ1) is 8.69. The molecule has 0 amide bonds. The number of carboxylic acid groups (broad SMARTS) is 1. The molecular weight excluding hydrogens is 128 g/mol. The summed E-state index contributed by atoms with van der Waals surface area (Å²) in [4.78, 5) is 10.3. The molecule has 0 aromatic carbocycles. The van der Waals surface area contributed by atoms with Crippen LogP contribution in [-0.4, -0.2) is 11.1 Å². The van der Waals surface area contributed by atoms with Gasteiger partial charge >= 0.3 is 5.97 Å². The first-order chi connectivity index (χ1) is 4.63. The molecule has 10 heavy (non-hydrogen) atoms. The zero-order chi connectivity index (χ0) is 8.15. The Balaban J connectivity index is 4.76. The van der Waals surface area contributed by atoms with Gasteiger partial charge in [-0.1, -0.05) is 25.3 Å². The van der Waals surface area contributed by atoms with Crippen molar-refractivity contribution in [3.8, 4) is 0 Å². The van der Waals surface area contributed by atoms with Gasteiger partial charge in [-0.25, -0.2) is 4.79 Å². The highest BCUT2D eigenvalue weighted by Crippen LogP contribution is 2.05. The van der Waals surface area contributed by atoms with Crippen LogP contribution in [0.2, 0.25) is 0 Å². The van der Waals surface area contributed by atoms with Gasteiger partial charge in [-0.2, -0.15) is 0 Å². The fourth-order valence-corrected chi connectivity index (χ4v) is 0.513. The van der Waals surface area contributed by atoms with Gasteiger partial charge < -0.3 is 5.11 Å². The Labute approximate surface area is 60.2 Å². The third kappa shape index (κ3) is 1.90. The highest BCUT2D eigenvalue weighted by atomic mass is 16.4. The zero-order valence-electron chi connectivity index (χ0n) is 5.92. The molecule has 1 N–H and O–H groups in total. The van der Waals surface area contributed by atoms with Gasteiger partial charge in [-0.15, -0.1) is 0 Å². The molecule has 0 radical (unpaired) electrons. The number of aliphatic carboxylic acids is 1. The molecule has 0 atom stereocenters. The number of rotatable bonds is 3. The van der Waals surface area contributed by atoms with E-state index in [0.717, 1.165) is 0 Å². The summed E-state index contributed by atoms with van der Waals surface area (Å²) in [6, 6.07) is 0. The minimum Gasteiger partial charge on any atom is -0.478 e. The molecule has 54 valence electrons. The summed E-state index contributed by atoms with van der Waals surface area (Å²) < 4.78 is 0. The van der Waals surface area contributed by atoms with Crippen LogP contribution in [0, 0.1) is 0 Å². The molecule has 0 aromatic heterocycles. The van der Waals surface area contributed by atoms with Crippen LogP contribution in [0.5, 0.6) is 0 Å². The minimum atomic E-state index is -0.935. The van der Waals surface area contributed by atoms with Crippen molar-refractivity contribution in [2.45, 2.75) is 6.92 Å². The summed E-state index contributed by atoms with van der Waals surface area (Å²) in [5.41, 5.74) is 0.831. The van der Waals surface area contributed by atoms with Crippen LogP contribution in [-0.2, 0) is 4.79 Å². The summed E-state index contributed by atoms with van der Waals surface area (Å²) in [6.07, 6.45) is 2.94. The standard InChI is InChI=1S/C8H10O2/c1-4-7(5-2)6(3)8(9)10/h4-5H,1-2H2,3H3,(H,9,10). The van der Waals surface area contributed by atoms with Gasteiger partial charge in [0.25, 0.3) is 0 Å². The molecule has 2 nitrogen and oxygen atoms in total. The van der Waals surface area contributed by atoms with Crippen molar-refractivity contribution in [3.63, 3.8) is 0 Å². The summed E-state index contributed by atoms with van der Waals surface area (Å²) in [6.45, 7) is 8.40. The molecule has 0 fully saturated rings. The van der Waals surface area contributed by atoms with Crippen molar-refractivity contribution in [1.82, 2.24) is 0 Å². The molecule has 0 aliphatic heterocycles. The van der Waals surface area contributed by atoms with Crippen LogP contribution >= 0.6 is 0 Å². The normalized spacial score (nSPS) is 8.10. The van der Waals surface area contributed by atoms with Crippen molar-refractivity contribution < 1.29 is 9.90 Å². The predicted octanol–water partition coefficient (Wildman–Crippen LogP) is 1.76. The van der Waals surface area contributed by atoms with Crippen molar-refractivity contribution in [2.75, 3.05) is 0 Å². The van der Waals surface area contributed by atoms with E-state index in [1.807, 2.05) is 0 Å². The largest absolute Gasteiger partial charge is 0.478 e. The topological polar surface area (TPSA) is 37.3 Å². The third-order valence-corrected chi connectivity index (χ3v) is 1.19. The number of allylic oxidation sites excluding steroid dienone is 3. The first-order valence-corrected chi connectivity index (χ1v) is 2.82. The summed E-state index contributed by atoms with van der Waals surface area (Å²) in [5, 5.41) is 8.46. The molecule has 0 heterocycles. The van der Waals surface area contributed by atoms with E-state index in [-0.39, 0.29) is 5.57 Å². The summed E-state index contributed by atoms with van der Waals surface area (Å²) >= 11 is 0. The lowest BCUT2D eigenvalue weighted by Crippen LogP contribution is -1.98. The fraction of sp³-hybridized carbons (Fsp3) is 0.125. The van der Waals surface area contributed by atoms with E-state index in [1.165, 1.54) is 19.1 Å². The molecule has 0 unspecified atom stereocenters. The molecule has 0 aromatic rings.